The van der Waals surface area contributed by atoms with Gasteiger partial charge in [-0.1, -0.05) is 17.7 Å². The molecule has 0 aliphatic rings. The molecule has 0 saturated carbocycles. The summed E-state index contributed by atoms with van der Waals surface area (Å²) >= 11 is 1.17. The molecular weight excluding hydrogens is 220 g/mol. The summed E-state index contributed by atoms with van der Waals surface area (Å²) in [5.41, 5.74) is 0.407. The molecule has 0 atom stereocenters. The summed E-state index contributed by atoms with van der Waals surface area (Å²) in [6, 6.07) is 7.40. The Kier molecular flexibility index (Phi) is 3.91. The van der Waals surface area contributed by atoms with Gasteiger partial charge in [-0.25, -0.2) is 0 Å². The summed E-state index contributed by atoms with van der Waals surface area (Å²) in [7, 11) is 0. The van der Waals surface area contributed by atoms with Crippen molar-refractivity contribution in [1.82, 2.24) is 0 Å². The van der Waals surface area contributed by atoms with Crippen LogP contribution in [0.2, 0.25) is 0 Å². The lowest BCUT2D eigenvalue weighted by Gasteiger charge is -2.17. The van der Waals surface area contributed by atoms with Gasteiger partial charge in [-0.05, 0) is 24.8 Å². The minimum atomic E-state index is -4.89. The second-order valence-corrected chi connectivity index (χ2v) is 4.39. The van der Waals surface area contributed by atoms with Crippen molar-refractivity contribution in [3.05, 3.63) is 41.9 Å². The van der Waals surface area contributed by atoms with Crippen LogP contribution in [0.1, 0.15) is 5.56 Å². The Balaban J connectivity index is 2.55. The zero-order chi connectivity index (χ0) is 11.5. The molecule has 0 N–H and O–H groups in total. The molecule has 5 heteroatoms. The Labute approximate surface area is 91.6 Å². The number of hydrogen-bond donors (Lipinski definition) is 0. The fraction of sp³-hybridized carbons (Fsp3) is 0.200. The average molecular weight is 231 g/mol. The number of halogens is 3. The zero-order valence-corrected chi connectivity index (χ0v) is 9.16. The Morgan fingerprint density at radius 2 is 2.07 bits per heavy atom. The van der Waals surface area contributed by atoms with Crippen LogP contribution in [-0.2, 0) is 0 Å². The van der Waals surface area contributed by atoms with Gasteiger partial charge in [0.05, 0.1) is 0 Å². The number of rotatable bonds is 4. The molecule has 0 bridgehead atoms. The third kappa shape index (κ3) is 4.04. The van der Waals surface area contributed by atoms with E-state index in [-0.39, 0.29) is 5.75 Å². The molecule has 0 amide bonds. The number of benzene rings is 1. The van der Waals surface area contributed by atoms with Gasteiger partial charge in [0.2, 0.25) is 0 Å². The summed E-state index contributed by atoms with van der Waals surface area (Å²) in [6.45, 7) is 0.0607. The predicted octanol–water partition coefficient (Wildman–Crippen LogP) is 4.03. The molecule has 0 nitrogen and oxygen atoms in total. The molecule has 0 aliphatic carbocycles. The Morgan fingerprint density at radius 1 is 1.40 bits per heavy atom. The topological polar surface area (TPSA) is 0 Å². The minimum absolute atomic E-state index is 0.0903. The third-order valence-electron chi connectivity index (χ3n) is 1.88. The first-order valence-electron chi connectivity index (χ1n) is 4.46. The summed E-state index contributed by atoms with van der Waals surface area (Å²) in [5.74, 6) is -0.0903. The van der Waals surface area contributed by atoms with Crippen molar-refractivity contribution in [3.63, 3.8) is 0 Å². The lowest BCUT2D eigenvalue weighted by Crippen LogP contribution is -2.20. The molecule has 0 saturated heterocycles. The summed E-state index contributed by atoms with van der Waals surface area (Å²) in [4.78, 5) is 0.844. The van der Waals surface area contributed by atoms with Crippen molar-refractivity contribution in [1.29, 1.82) is 0 Å². The van der Waals surface area contributed by atoms with Crippen molar-refractivity contribution >= 4 is 18.7 Å². The molecular formula is C10H11BF3S-. The van der Waals surface area contributed by atoms with Gasteiger partial charge in [-0.3, -0.25) is 0 Å². The highest BCUT2D eigenvalue weighted by Crippen LogP contribution is 2.26. The maximum atomic E-state index is 12.2. The van der Waals surface area contributed by atoms with Gasteiger partial charge < -0.3 is 12.9 Å². The van der Waals surface area contributed by atoms with E-state index >= 15 is 0 Å². The van der Waals surface area contributed by atoms with Crippen LogP contribution in [0.5, 0.6) is 0 Å². The van der Waals surface area contributed by atoms with Crippen LogP contribution in [0.3, 0.4) is 0 Å². The highest BCUT2D eigenvalue weighted by atomic mass is 32.2. The molecule has 0 radical (unpaired) electrons. The first kappa shape index (κ1) is 12.2. The second kappa shape index (κ2) is 4.79. The predicted molar refractivity (Wildman–Crippen MR) is 60.1 cm³/mol. The van der Waals surface area contributed by atoms with Crippen molar-refractivity contribution in [2.75, 3.05) is 5.75 Å². The van der Waals surface area contributed by atoms with Crippen molar-refractivity contribution in [2.45, 2.75) is 11.8 Å². The summed E-state index contributed by atoms with van der Waals surface area (Å²) in [6.07, 6.45) is 0. The summed E-state index contributed by atoms with van der Waals surface area (Å²) < 4.78 is 36.5. The van der Waals surface area contributed by atoms with E-state index in [2.05, 4.69) is 6.58 Å². The van der Waals surface area contributed by atoms with Gasteiger partial charge in [0.1, 0.15) is 0 Å². The molecule has 0 fully saturated rings. The van der Waals surface area contributed by atoms with E-state index in [1.54, 1.807) is 6.07 Å². The Bertz CT molecular complexity index is 360. The first-order valence-corrected chi connectivity index (χ1v) is 5.45. The number of hydrogen-bond acceptors (Lipinski definition) is 1. The Morgan fingerprint density at radius 3 is 2.60 bits per heavy atom. The molecule has 1 aromatic carbocycles. The molecule has 15 heavy (non-hydrogen) atoms. The van der Waals surface area contributed by atoms with Crippen LogP contribution >= 0.6 is 11.8 Å². The highest BCUT2D eigenvalue weighted by molar-refractivity contribution is 7.99. The van der Waals surface area contributed by atoms with Gasteiger partial charge in [-0.2, -0.15) is 0 Å². The first-order chi connectivity index (χ1) is 6.89. The van der Waals surface area contributed by atoms with Crippen LogP contribution in [0.4, 0.5) is 12.9 Å². The van der Waals surface area contributed by atoms with E-state index in [9.17, 15) is 12.9 Å². The van der Waals surface area contributed by atoms with Crippen molar-refractivity contribution < 1.29 is 12.9 Å². The summed E-state index contributed by atoms with van der Waals surface area (Å²) in [5, 5.41) is 0. The molecule has 0 aliphatic heterocycles. The lowest BCUT2D eigenvalue weighted by atomic mass is 9.82. The number of aryl methyl sites for hydroxylation is 1. The van der Waals surface area contributed by atoms with E-state index in [1.165, 1.54) is 11.8 Å². The van der Waals surface area contributed by atoms with Gasteiger partial charge in [0, 0.05) is 4.90 Å². The third-order valence-corrected chi connectivity index (χ3v) is 2.98. The van der Waals surface area contributed by atoms with E-state index < -0.39 is 12.4 Å². The van der Waals surface area contributed by atoms with Crippen LogP contribution in [0, 0.1) is 6.92 Å². The van der Waals surface area contributed by atoms with E-state index in [1.807, 2.05) is 25.1 Å². The molecule has 0 heterocycles. The molecule has 1 aromatic rings. The van der Waals surface area contributed by atoms with E-state index in [4.69, 9.17) is 0 Å². The SMILES string of the molecule is C=C(CSc1cccc(C)c1)[B-](F)(F)F. The van der Waals surface area contributed by atoms with Gasteiger partial charge >= 0.3 is 6.98 Å². The van der Waals surface area contributed by atoms with Gasteiger partial charge in [0.25, 0.3) is 0 Å². The fourth-order valence-electron chi connectivity index (χ4n) is 0.976. The largest absolute Gasteiger partial charge is 0.505 e. The van der Waals surface area contributed by atoms with Crippen LogP contribution < -0.4 is 0 Å². The maximum Gasteiger partial charge on any atom is 0.505 e. The lowest BCUT2D eigenvalue weighted by molar-refractivity contribution is 0.491. The molecule has 1 rings (SSSR count). The smallest absolute Gasteiger partial charge is 0.445 e. The van der Waals surface area contributed by atoms with E-state index in [0.717, 1.165) is 10.5 Å². The highest BCUT2D eigenvalue weighted by Gasteiger charge is 2.26. The molecule has 82 valence electrons. The van der Waals surface area contributed by atoms with Crippen LogP contribution in [-0.4, -0.2) is 12.7 Å². The van der Waals surface area contributed by atoms with Crippen LogP contribution in [0.15, 0.2) is 41.2 Å². The molecule has 0 spiro atoms. The number of thioether (sulfide) groups is 1. The fourth-order valence-corrected chi connectivity index (χ4v) is 1.96. The van der Waals surface area contributed by atoms with Crippen LogP contribution in [0.25, 0.3) is 0 Å². The Hall–Kier alpha value is -0.835. The standard InChI is InChI=1S/C10H11BF3S/c1-8-4-3-5-10(6-8)15-7-9(2)11(12,13)14/h3-6H,2,7H2,1H3/q-1. The quantitative estimate of drug-likeness (QED) is 0.556. The normalized spacial score (nSPS) is 11.5. The van der Waals surface area contributed by atoms with E-state index in [0.29, 0.717) is 0 Å². The second-order valence-electron chi connectivity index (χ2n) is 3.34. The molecule has 0 unspecified atom stereocenters. The zero-order valence-electron chi connectivity index (χ0n) is 8.34. The van der Waals surface area contributed by atoms with Gasteiger partial charge in [-0.15, -0.1) is 23.8 Å². The molecule has 0 aromatic heterocycles. The maximum absolute atomic E-state index is 12.2. The van der Waals surface area contributed by atoms with Gasteiger partial charge in [0.15, 0.2) is 0 Å². The average Bonchev–Trinajstić information content (AvgIpc) is 2.12. The van der Waals surface area contributed by atoms with Crippen molar-refractivity contribution in [2.24, 2.45) is 0 Å². The minimum Gasteiger partial charge on any atom is -0.445 e. The van der Waals surface area contributed by atoms with Crippen molar-refractivity contribution in [3.8, 4) is 0 Å². The monoisotopic (exact) mass is 231 g/mol.